The molecule has 2 N–H and O–H groups in total. The van der Waals surface area contributed by atoms with Crippen LogP contribution in [0.2, 0.25) is 0 Å². The van der Waals surface area contributed by atoms with Crippen molar-refractivity contribution in [2.45, 2.75) is 59.9 Å². The Morgan fingerprint density at radius 2 is 1.58 bits per heavy atom. The van der Waals surface area contributed by atoms with E-state index in [-0.39, 0.29) is 6.04 Å². The number of benzene rings is 1. The Bertz CT molecular complexity index is 414. The summed E-state index contributed by atoms with van der Waals surface area (Å²) in [5.74, 6) is 0.585. The smallest absolute Gasteiger partial charge is 0.0334 e. The van der Waals surface area contributed by atoms with E-state index in [1.165, 1.54) is 30.4 Å². The zero-order valence-corrected chi connectivity index (χ0v) is 13.2. The van der Waals surface area contributed by atoms with Crippen molar-refractivity contribution in [3.8, 4) is 0 Å². The average Bonchev–Trinajstić information content (AvgIpc) is 2.77. The van der Waals surface area contributed by atoms with Crippen LogP contribution in [-0.4, -0.2) is 0 Å². The maximum absolute atomic E-state index is 6.50. The second-order valence-corrected chi connectivity index (χ2v) is 7.29. The van der Waals surface area contributed by atoms with E-state index in [4.69, 9.17) is 5.73 Å². The molecule has 1 aromatic carbocycles. The summed E-state index contributed by atoms with van der Waals surface area (Å²) in [6.07, 6.45) is 3.71. The Hall–Kier alpha value is -0.820. The van der Waals surface area contributed by atoms with Gasteiger partial charge in [-0.15, -0.1) is 0 Å². The second kappa shape index (κ2) is 4.94. The summed E-state index contributed by atoms with van der Waals surface area (Å²) >= 11 is 0. The molecule has 106 valence electrons. The van der Waals surface area contributed by atoms with Gasteiger partial charge in [0, 0.05) is 6.04 Å². The SMILES string of the molecule is CCCCc1ccc(C(N)C2C(C)(C)C2(C)C)cc1. The van der Waals surface area contributed by atoms with Gasteiger partial charge in [0.05, 0.1) is 0 Å². The van der Waals surface area contributed by atoms with Crippen molar-refractivity contribution in [2.75, 3.05) is 0 Å². The van der Waals surface area contributed by atoms with Gasteiger partial charge in [0.1, 0.15) is 0 Å². The molecule has 0 amide bonds. The topological polar surface area (TPSA) is 26.0 Å². The predicted octanol–water partition coefficient (Wildman–Crippen LogP) is 4.71. The van der Waals surface area contributed by atoms with Crippen molar-refractivity contribution in [3.63, 3.8) is 0 Å². The van der Waals surface area contributed by atoms with Gasteiger partial charge in [0.2, 0.25) is 0 Å². The molecule has 1 fully saturated rings. The van der Waals surface area contributed by atoms with Crippen LogP contribution in [-0.2, 0) is 6.42 Å². The van der Waals surface area contributed by atoms with Crippen LogP contribution < -0.4 is 5.73 Å². The first kappa shape index (κ1) is 14.6. The van der Waals surface area contributed by atoms with Crippen LogP contribution in [0.3, 0.4) is 0 Å². The monoisotopic (exact) mass is 259 g/mol. The van der Waals surface area contributed by atoms with Crippen LogP contribution in [0.1, 0.15) is 64.6 Å². The van der Waals surface area contributed by atoms with Crippen molar-refractivity contribution in [1.82, 2.24) is 0 Å². The van der Waals surface area contributed by atoms with Gasteiger partial charge in [-0.1, -0.05) is 65.3 Å². The van der Waals surface area contributed by atoms with Crippen molar-refractivity contribution in [2.24, 2.45) is 22.5 Å². The van der Waals surface area contributed by atoms with Crippen molar-refractivity contribution in [3.05, 3.63) is 35.4 Å². The second-order valence-electron chi connectivity index (χ2n) is 7.29. The molecule has 0 radical (unpaired) electrons. The quantitative estimate of drug-likeness (QED) is 0.814. The molecule has 19 heavy (non-hydrogen) atoms. The molecule has 0 heterocycles. The van der Waals surface area contributed by atoms with Gasteiger partial charge in [-0.3, -0.25) is 0 Å². The third-order valence-corrected chi connectivity index (χ3v) is 5.68. The van der Waals surface area contributed by atoms with Crippen LogP contribution in [0.25, 0.3) is 0 Å². The maximum Gasteiger partial charge on any atom is 0.0334 e. The fourth-order valence-corrected chi connectivity index (χ4v) is 3.63. The molecule has 1 unspecified atom stereocenters. The van der Waals surface area contributed by atoms with Gasteiger partial charge in [-0.2, -0.15) is 0 Å². The first-order chi connectivity index (χ1) is 8.82. The molecule has 0 saturated heterocycles. The summed E-state index contributed by atoms with van der Waals surface area (Å²) in [6.45, 7) is 11.6. The molecule has 2 rings (SSSR count). The van der Waals surface area contributed by atoms with Gasteiger partial charge in [-0.05, 0) is 40.7 Å². The Labute approximate surface area is 118 Å². The van der Waals surface area contributed by atoms with Crippen LogP contribution in [0.4, 0.5) is 0 Å². The number of aryl methyl sites for hydroxylation is 1. The third-order valence-electron chi connectivity index (χ3n) is 5.68. The zero-order chi connectivity index (χ0) is 14.3. The van der Waals surface area contributed by atoms with Crippen LogP contribution in [0, 0.1) is 16.7 Å². The first-order valence-corrected chi connectivity index (χ1v) is 7.66. The van der Waals surface area contributed by atoms with Crippen molar-refractivity contribution >= 4 is 0 Å². The minimum Gasteiger partial charge on any atom is -0.324 e. The lowest BCUT2D eigenvalue weighted by molar-refractivity contribution is 0.457. The highest BCUT2D eigenvalue weighted by atomic mass is 14.8. The van der Waals surface area contributed by atoms with E-state index in [2.05, 4.69) is 58.9 Å². The van der Waals surface area contributed by atoms with E-state index < -0.39 is 0 Å². The van der Waals surface area contributed by atoms with Crippen LogP contribution in [0.15, 0.2) is 24.3 Å². The number of hydrogen-bond acceptors (Lipinski definition) is 1. The molecule has 1 aliphatic rings. The van der Waals surface area contributed by atoms with Crippen molar-refractivity contribution in [1.29, 1.82) is 0 Å². The summed E-state index contributed by atoms with van der Waals surface area (Å²) in [5.41, 5.74) is 9.94. The lowest BCUT2D eigenvalue weighted by Crippen LogP contribution is -2.16. The summed E-state index contributed by atoms with van der Waals surface area (Å²) < 4.78 is 0. The predicted molar refractivity (Wildman–Crippen MR) is 83.0 cm³/mol. The lowest BCUT2D eigenvalue weighted by atomic mass is 9.96. The minimum atomic E-state index is 0.172. The fraction of sp³-hybridized carbons (Fsp3) is 0.667. The molecule has 1 aliphatic carbocycles. The summed E-state index contributed by atoms with van der Waals surface area (Å²) in [6, 6.07) is 9.16. The number of nitrogens with two attached hydrogens (primary N) is 1. The summed E-state index contributed by atoms with van der Waals surface area (Å²) in [4.78, 5) is 0. The molecular weight excluding hydrogens is 230 g/mol. The zero-order valence-electron chi connectivity index (χ0n) is 13.2. The fourth-order valence-electron chi connectivity index (χ4n) is 3.63. The van der Waals surface area contributed by atoms with Gasteiger partial charge in [-0.25, -0.2) is 0 Å². The maximum atomic E-state index is 6.50. The van der Waals surface area contributed by atoms with E-state index in [1.807, 2.05) is 0 Å². The minimum absolute atomic E-state index is 0.172. The highest BCUT2D eigenvalue weighted by Crippen LogP contribution is 2.71. The number of hydrogen-bond donors (Lipinski definition) is 1. The normalized spacial score (nSPS) is 22.2. The molecule has 0 aromatic heterocycles. The Morgan fingerprint density at radius 3 is 2.00 bits per heavy atom. The summed E-state index contributed by atoms with van der Waals surface area (Å²) in [7, 11) is 0. The molecule has 1 aromatic rings. The largest absolute Gasteiger partial charge is 0.324 e. The summed E-state index contributed by atoms with van der Waals surface area (Å²) in [5, 5.41) is 0. The van der Waals surface area contributed by atoms with Gasteiger partial charge in [0.15, 0.2) is 0 Å². The van der Waals surface area contributed by atoms with Gasteiger partial charge < -0.3 is 5.73 Å². The number of unbranched alkanes of at least 4 members (excludes halogenated alkanes) is 1. The van der Waals surface area contributed by atoms with Gasteiger partial charge >= 0.3 is 0 Å². The standard InChI is InChI=1S/C18H29N/c1-6-7-8-13-9-11-14(12-10-13)15(19)16-17(2,3)18(16,4)5/h9-12,15-16H,6-8,19H2,1-5H3. The molecule has 0 aliphatic heterocycles. The Morgan fingerprint density at radius 1 is 1.05 bits per heavy atom. The van der Waals surface area contributed by atoms with Crippen LogP contribution in [0.5, 0.6) is 0 Å². The molecule has 1 saturated carbocycles. The van der Waals surface area contributed by atoms with Gasteiger partial charge in [0.25, 0.3) is 0 Å². The number of rotatable bonds is 5. The average molecular weight is 259 g/mol. The van der Waals surface area contributed by atoms with E-state index >= 15 is 0 Å². The van der Waals surface area contributed by atoms with E-state index in [1.54, 1.807) is 0 Å². The molecule has 1 nitrogen and oxygen atoms in total. The molecule has 0 spiro atoms. The van der Waals surface area contributed by atoms with Crippen molar-refractivity contribution < 1.29 is 0 Å². The molecular formula is C18H29N. The van der Waals surface area contributed by atoms with Crippen LogP contribution >= 0.6 is 0 Å². The lowest BCUT2D eigenvalue weighted by Gasteiger charge is -2.15. The molecule has 0 bridgehead atoms. The Balaban J connectivity index is 2.07. The van der Waals surface area contributed by atoms with E-state index in [0.29, 0.717) is 16.7 Å². The first-order valence-electron chi connectivity index (χ1n) is 7.66. The highest BCUT2D eigenvalue weighted by molar-refractivity contribution is 5.29. The molecule has 1 atom stereocenters. The third kappa shape index (κ3) is 2.45. The Kier molecular flexibility index (Phi) is 3.79. The van der Waals surface area contributed by atoms with E-state index in [9.17, 15) is 0 Å². The van der Waals surface area contributed by atoms with E-state index in [0.717, 1.165) is 0 Å². The molecule has 1 heteroatoms. The highest BCUT2D eigenvalue weighted by Gasteiger charge is 2.66.